The average Bonchev–Trinajstić information content (AvgIpc) is 2.30. The van der Waals surface area contributed by atoms with Crippen LogP contribution in [0, 0.1) is 0 Å². The Morgan fingerprint density at radius 1 is 1.38 bits per heavy atom. The van der Waals surface area contributed by atoms with Gasteiger partial charge in [-0.05, 0) is 32.2 Å². The first-order chi connectivity index (χ1) is 7.51. The minimum atomic E-state index is 0.415. The third-order valence-electron chi connectivity index (χ3n) is 2.82. The summed E-state index contributed by atoms with van der Waals surface area (Å²) in [6.07, 6.45) is 1.05. The van der Waals surface area contributed by atoms with Crippen molar-refractivity contribution < 1.29 is 0 Å². The van der Waals surface area contributed by atoms with Gasteiger partial charge in [-0.15, -0.1) is 0 Å². The molecule has 0 aliphatic heterocycles. The summed E-state index contributed by atoms with van der Waals surface area (Å²) in [7, 11) is 2.02. The van der Waals surface area contributed by atoms with Crippen LogP contribution in [-0.2, 0) is 0 Å². The second-order valence-corrected chi connectivity index (χ2v) is 4.60. The molecule has 1 aromatic rings. The topological polar surface area (TPSA) is 15.6 Å². The minimum Gasteiger partial charge on any atom is -0.370 e. The quantitative estimate of drug-likeness (QED) is 0.723. The maximum absolute atomic E-state index is 6.01. The molecule has 2 nitrogen and oxygen atoms in total. The number of hydrogen-bond donors (Lipinski definition) is 0. The number of halogens is 2. The van der Waals surface area contributed by atoms with Gasteiger partial charge < -0.3 is 4.90 Å². The number of benzene rings is 1. The highest BCUT2D eigenvalue weighted by molar-refractivity contribution is 6.42. The highest BCUT2D eigenvalue weighted by Crippen LogP contribution is 2.36. The standard InChI is InChI=1S/C12H16Cl2N2/c1-5-8(2)16(4)12-7-10(14)9(13)6-11(12)15-3/h6-8H,3,5H2,1-2,4H3. The van der Waals surface area contributed by atoms with E-state index in [1.54, 1.807) is 6.07 Å². The van der Waals surface area contributed by atoms with E-state index in [0.29, 0.717) is 16.1 Å². The van der Waals surface area contributed by atoms with Crippen molar-refractivity contribution in [3.8, 4) is 0 Å². The van der Waals surface area contributed by atoms with Crippen LogP contribution in [0.1, 0.15) is 20.3 Å². The van der Waals surface area contributed by atoms with Crippen molar-refractivity contribution in [2.24, 2.45) is 4.99 Å². The molecule has 0 saturated heterocycles. The summed E-state index contributed by atoms with van der Waals surface area (Å²) in [4.78, 5) is 6.11. The van der Waals surface area contributed by atoms with E-state index in [0.717, 1.165) is 17.8 Å². The maximum Gasteiger partial charge on any atom is 0.0871 e. The van der Waals surface area contributed by atoms with Crippen LogP contribution in [0.5, 0.6) is 0 Å². The number of nitrogens with zero attached hydrogens (tertiary/aromatic N) is 2. The van der Waals surface area contributed by atoms with E-state index in [2.05, 4.69) is 30.5 Å². The first-order valence-corrected chi connectivity index (χ1v) is 5.95. The Labute approximate surface area is 107 Å². The molecule has 0 radical (unpaired) electrons. The molecule has 1 rings (SSSR count). The number of rotatable bonds is 4. The summed E-state index contributed by atoms with van der Waals surface area (Å²) >= 11 is 12.0. The fourth-order valence-electron chi connectivity index (χ4n) is 1.45. The molecule has 0 aliphatic carbocycles. The summed E-state index contributed by atoms with van der Waals surface area (Å²) in [6.45, 7) is 7.84. The van der Waals surface area contributed by atoms with Gasteiger partial charge in [-0.25, -0.2) is 0 Å². The van der Waals surface area contributed by atoms with E-state index < -0.39 is 0 Å². The van der Waals surface area contributed by atoms with Crippen molar-refractivity contribution in [3.63, 3.8) is 0 Å². The van der Waals surface area contributed by atoms with Crippen molar-refractivity contribution in [3.05, 3.63) is 22.2 Å². The van der Waals surface area contributed by atoms with E-state index >= 15 is 0 Å². The van der Waals surface area contributed by atoms with Gasteiger partial charge in [0.25, 0.3) is 0 Å². The van der Waals surface area contributed by atoms with Crippen LogP contribution in [-0.4, -0.2) is 19.8 Å². The van der Waals surface area contributed by atoms with E-state index in [1.165, 1.54) is 0 Å². The summed E-state index contributed by atoms with van der Waals surface area (Å²) in [5.41, 5.74) is 1.72. The zero-order valence-electron chi connectivity index (χ0n) is 9.80. The maximum atomic E-state index is 6.01. The van der Waals surface area contributed by atoms with Crippen LogP contribution in [0.25, 0.3) is 0 Å². The number of hydrogen-bond acceptors (Lipinski definition) is 2. The molecular weight excluding hydrogens is 243 g/mol. The monoisotopic (exact) mass is 258 g/mol. The largest absolute Gasteiger partial charge is 0.370 e. The number of aliphatic imine (C=N–C) groups is 1. The van der Waals surface area contributed by atoms with Crippen LogP contribution < -0.4 is 4.90 Å². The molecule has 88 valence electrons. The summed E-state index contributed by atoms with van der Waals surface area (Å²) < 4.78 is 0. The van der Waals surface area contributed by atoms with Gasteiger partial charge in [0.15, 0.2) is 0 Å². The van der Waals surface area contributed by atoms with Gasteiger partial charge in [0.05, 0.1) is 21.4 Å². The molecule has 0 saturated carbocycles. The lowest BCUT2D eigenvalue weighted by molar-refractivity contribution is 0.664. The fourth-order valence-corrected chi connectivity index (χ4v) is 1.76. The Morgan fingerprint density at radius 2 is 1.94 bits per heavy atom. The second kappa shape index (κ2) is 5.55. The predicted molar refractivity (Wildman–Crippen MR) is 73.8 cm³/mol. The summed E-state index contributed by atoms with van der Waals surface area (Å²) in [5, 5.41) is 1.05. The lowest BCUT2D eigenvalue weighted by atomic mass is 10.2. The molecule has 16 heavy (non-hydrogen) atoms. The molecule has 1 unspecified atom stereocenters. The van der Waals surface area contributed by atoms with Gasteiger partial charge in [-0.1, -0.05) is 30.1 Å². The van der Waals surface area contributed by atoms with Gasteiger partial charge in [0, 0.05) is 13.1 Å². The van der Waals surface area contributed by atoms with Crippen LogP contribution in [0.2, 0.25) is 10.0 Å². The van der Waals surface area contributed by atoms with Crippen molar-refractivity contribution in [2.75, 3.05) is 11.9 Å². The lowest BCUT2D eigenvalue weighted by Crippen LogP contribution is -2.28. The Kier molecular flexibility index (Phi) is 4.63. The third kappa shape index (κ3) is 2.69. The van der Waals surface area contributed by atoms with Crippen LogP contribution >= 0.6 is 23.2 Å². The molecule has 0 bridgehead atoms. The molecule has 0 heterocycles. The first-order valence-electron chi connectivity index (χ1n) is 5.19. The molecular formula is C12H16Cl2N2. The first kappa shape index (κ1) is 13.3. The number of anilines is 1. The van der Waals surface area contributed by atoms with Crippen LogP contribution in [0.15, 0.2) is 17.1 Å². The van der Waals surface area contributed by atoms with Crippen LogP contribution in [0.4, 0.5) is 11.4 Å². The molecule has 4 heteroatoms. The van der Waals surface area contributed by atoms with E-state index in [1.807, 2.05) is 13.1 Å². The van der Waals surface area contributed by atoms with Crippen molar-refractivity contribution in [1.82, 2.24) is 0 Å². The molecule has 0 aliphatic rings. The highest BCUT2D eigenvalue weighted by atomic mass is 35.5. The predicted octanol–water partition coefficient (Wildman–Crippen LogP) is 4.56. The van der Waals surface area contributed by atoms with Crippen molar-refractivity contribution in [1.29, 1.82) is 0 Å². The van der Waals surface area contributed by atoms with Crippen LogP contribution in [0.3, 0.4) is 0 Å². The van der Waals surface area contributed by atoms with E-state index in [9.17, 15) is 0 Å². The van der Waals surface area contributed by atoms with Gasteiger partial charge >= 0.3 is 0 Å². The van der Waals surface area contributed by atoms with E-state index in [-0.39, 0.29) is 0 Å². The van der Waals surface area contributed by atoms with Gasteiger partial charge in [0.2, 0.25) is 0 Å². The summed E-state index contributed by atoms with van der Waals surface area (Å²) in [5.74, 6) is 0. The van der Waals surface area contributed by atoms with Gasteiger partial charge in [0.1, 0.15) is 0 Å². The molecule has 0 fully saturated rings. The van der Waals surface area contributed by atoms with Crippen molar-refractivity contribution >= 4 is 41.3 Å². The molecule has 0 amide bonds. The Balaban J connectivity index is 3.21. The lowest BCUT2D eigenvalue weighted by Gasteiger charge is -2.27. The van der Waals surface area contributed by atoms with E-state index in [4.69, 9.17) is 23.2 Å². The minimum absolute atomic E-state index is 0.415. The Bertz CT molecular complexity index is 391. The zero-order valence-corrected chi connectivity index (χ0v) is 11.3. The highest BCUT2D eigenvalue weighted by Gasteiger charge is 2.14. The SMILES string of the molecule is C=Nc1cc(Cl)c(Cl)cc1N(C)C(C)CC. The normalized spacial score (nSPS) is 12.3. The zero-order chi connectivity index (χ0) is 12.3. The molecule has 1 aromatic carbocycles. The third-order valence-corrected chi connectivity index (χ3v) is 3.54. The van der Waals surface area contributed by atoms with Crippen molar-refractivity contribution in [2.45, 2.75) is 26.3 Å². The Morgan fingerprint density at radius 3 is 2.44 bits per heavy atom. The van der Waals surface area contributed by atoms with Gasteiger partial charge in [-0.3, -0.25) is 4.99 Å². The average molecular weight is 259 g/mol. The molecule has 0 N–H and O–H groups in total. The molecule has 0 aromatic heterocycles. The molecule has 1 atom stereocenters. The summed E-state index contributed by atoms with van der Waals surface area (Å²) in [6, 6.07) is 3.99. The fraction of sp³-hybridized carbons (Fsp3) is 0.417. The Hall–Kier alpha value is -0.730. The second-order valence-electron chi connectivity index (χ2n) is 3.78. The smallest absolute Gasteiger partial charge is 0.0871 e. The molecule has 0 spiro atoms. The van der Waals surface area contributed by atoms with Gasteiger partial charge in [-0.2, -0.15) is 0 Å².